The van der Waals surface area contributed by atoms with Gasteiger partial charge in [-0.25, -0.2) is 4.79 Å². The number of carbonyl (C=O) groups excluding carboxylic acids is 2. The van der Waals surface area contributed by atoms with E-state index in [1.54, 1.807) is 6.92 Å². The topological polar surface area (TPSA) is 76.7 Å². The van der Waals surface area contributed by atoms with Gasteiger partial charge in [-0.15, -0.1) is 0 Å². The van der Waals surface area contributed by atoms with Crippen LogP contribution < -0.4 is 15.4 Å². The Kier molecular flexibility index (Phi) is 6.23. The van der Waals surface area contributed by atoms with Crippen molar-refractivity contribution in [2.75, 3.05) is 13.2 Å². The summed E-state index contributed by atoms with van der Waals surface area (Å²) < 4.78 is 10.7. The van der Waals surface area contributed by atoms with Crippen molar-refractivity contribution in [3.63, 3.8) is 0 Å². The molecular formula is C18H24N2O4. The summed E-state index contributed by atoms with van der Waals surface area (Å²) in [5.41, 5.74) is 1.14. The Morgan fingerprint density at radius 2 is 1.96 bits per heavy atom. The van der Waals surface area contributed by atoms with Gasteiger partial charge in [0, 0.05) is 5.70 Å². The predicted octanol–water partition coefficient (Wildman–Crippen LogP) is 2.91. The van der Waals surface area contributed by atoms with E-state index in [1.807, 2.05) is 24.3 Å². The molecule has 2 atom stereocenters. The highest BCUT2D eigenvalue weighted by molar-refractivity contribution is 5.85. The van der Waals surface area contributed by atoms with Gasteiger partial charge in [0.15, 0.2) is 0 Å². The van der Waals surface area contributed by atoms with Crippen LogP contribution in [0.5, 0.6) is 5.75 Å². The number of urea groups is 1. The van der Waals surface area contributed by atoms with Crippen LogP contribution in [0.4, 0.5) is 4.79 Å². The SMILES string of the molecule is C=C1NC(=O)N[C@H](c2ccc(OCCCC)cc2)[C@H]1C(=O)OCC. The lowest BCUT2D eigenvalue weighted by Crippen LogP contribution is -2.51. The number of esters is 1. The molecular weight excluding hydrogens is 308 g/mol. The summed E-state index contributed by atoms with van der Waals surface area (Å²) in [6, 6.07) is 6.46. The van der Waals surface area contributed by atoms with E-state index in [-0.39, 0.29) is 12.6 Å². The highest BCUT2D eigenvalue weighted by atomic mass is 16.5. The molecule has 1 aromatic rings. The van der Waals surface area contributed by atoms with E-state index in [2.05, 4.69) is 24.1 Å². The van der Waals surface area contributed by atoms with Crippen molar-refractivity contribution < 1.29 is 19.1 Å². The zero-order valence-electron chi connectivity index (χ0n) is 14.1. The Labute approximate surface area is 142 Å². The maximum atomic E-state index is 12.2. The van der Waals surface area contributed by atoms with Gasteiger partial charge in [-0.2, -0.15) is 0 Å². The van der Waals surface area contributed by atoms with Gasteiger partial charge < -0.3 is 20.1 Å². The number of rotatable bonds is 7. The van der Waals surface area contributed by atoms with Gasteiger partial charge in [0.25, 0.3) is 0 Å². The van der Waals surface area contributed by atoms with Gasteiger partial charge >= 0.3 is 12.0 Å². The lowest BCUT2D eigenvalue weighted by Gasteiger charge is -2.33. The Balaban J connectivity index is 2.17. The van der Waals surface area contributed by atoms with Crippen LogP contribution in [-0.4, -0.2) is 25.2 Å². The maximum absolute atomic E-state index is 12.2. The summed E-state index contributed by atoms with van der Waals surface area (Å²) in [4.78, 5) is 24.0. The lowest BCUT2D eigenvalue weighted by molar-refractivity contribution is -0.147. The Bertz CT molecular complexity index is 598. The molecule has 2 amide bonds. The quantitative estimate of drug-likeness (QED) is 0.594. The highest BCUT2D eigenvalue weighted by Crippen LogP contribution is 2.31. The molecule has 1 heterocycles. The van der Waals surface area contributed by atoms with Gasteiger partial charge in [-0.3, -0.25) is 4.79 Å². The minimum absolute atomic E-state index is 0.271. The zero-order valence-corrected chi connectivity index (χ0v) is 14.1. The van der Waals surface area contributed by atoms with Crippen LogP contribution in [0.25, 0.3) is 0 Å². The maximum Gasteiger partial charge on any atom is 0.319 e. The van der Waals surface area contributed by atoms with Crippen molar-refractivity contribution >= 4 is 12.0 Å². The summed E-state index contributed by atoms with van der Waals surface area (Å²) >= 11 is 0. The number of nitrogens with one attached hydrogen (secondary N) is 2. The summed E-state index contributed by atoms with van der Waals surface area (Å²) in [6.45, 7) is 8.58. The van der Waals surface area contributed by atoms with Crippen LogP contribution in [-0.2, 0) is 9.53 Å². The average Bonchev–Trinajstić information content (AvgIpc) is 2.55. The molecule has 0 aromatic heterocycles. The molecule has 0 bridgehead atoms. The Morgan fingerprint density at radius 3 is 2.58 bits per heavy atom. The molecule has 1 aliphatic rings. The molecule has 1 aliphatic heterocycles. The number of unbranched alkanes of at least 4 members (excludes halogenated alkanes) is 1. The van der Waals surface area contributed by atoms with Crippen molar-refractivity contribution in [3.8, 4) is 5.75 Å². The number of benzene rings is 1. The number of amides is 2. The molecule has 6 nitrogen and oxygen atoms in total. The first kappa shape index (κ1) is 17.8. The van der Waals surface area contributed by atoms with Crippen LogP contribution in [0, 0.1) is 5.92 Å². The first-order valence-electron chi connectivity index (χ1n) is 8.22. The van der Waals surface area contributed by atoms with Crippen LogP contribution in [0.2, 0.25) is 0 Å². The lowest BCUT2D eigenvalue weighted by atomic mass is 9.89. The van der Waals surface area contributed by atoms with E-state index in [0.717, 1.165) is 24.2 Å². The van der Waals surface area contributed by atoms with Crippen LogP contribution in [0.3, 0.4) is 0 Å². The van der Waals surface area contributed by atoms with Crippen molar-refractivity contribution in [3.05, 3.63) is 42.1 Å². The molecule has 1 aromatic carbocycles. The third-order valence-corrected chi connectivity index (χ3v) is 3.82. The van der Waals surface area contributed by atoms with E-state index < -0.39 is 17.9 Å². The normalized spacial score (nSPS) is 20.1. The third-order valence-electron chi connectivity index (χ3n) is 3.82. The van der Waals surface area contributed by atoms with Gasteiger partial charge in [-0.05, 0) is 31.0 Å². The Morgan fingerprint density at radius 1 is 1.25 bits per heavy atom. The third kappa shape index (κ3) is 4.28. The van der Waals surface area contributed by atoms with Gasteiger partial charge in [-0.1, -0.05) is 32.1 Å². The first-order chi connectivity index (χ1) is 11.6. The molecule has 0 radical (unpaired) electrons. The second-order valence-electron chi connectivity index (χ2n) is 5.60. The summed E-state index contributed by atoms with van der Waals surface area (Å²) in [6.07, 6.45) is 2.07. The monoisotopic (exact) mass is 332 g/mol. The van der Waals surface area contributed by atoms with E-state index in [0.29, 0.717) is 12.3 Å². The smallest absolute Gasteiger partial charge is 0.319 e. The second-order valence-corrected chi connectivity index (χ2v) is 5.60. The molecule has 24 heavy (non-hydrogen) atoms. The minimum atomic E-state index is -0.672. The molecule has 0 saturated carbocycles. The molecule has 0 aliphatic carbocycles. The molecule has 130 valence electrons. The number of hydrogen-bond acceptors (Lipinski definition) is 4. The molecule has 1 fully saturated rings. The van der Waals surface area contributed by atoms with E-state index in [1.165, 1.54) is 0 Å². The molecule has 6 heteroatoms. The molecule has 2 rings (SSSR count). The van der Waals surface area contributed by atoms with E-state index >= 15 is 0 Å². The number of ether oxygens (including phenoxy) is 2. The molecule has 2 N–H and O–H groups in total. The highest BCUT2D eigenvalue weighted by Gasteiger charge is 2.38. The van der Waals surface area contributed by atoms with Gasteiger partial charge in [0.05, 0.1) is 19.3 Å². The molecule has 0 spiro atoms. The minimum Gasteiger partial charge on any atom is -0.494 e. The van der Waals surface area contributed by atoms with Gasteiger partial charge in [0.2, 0.25) is 0 Å². The van der Waals surface area contributed by atoms with Crippen LogP contribution in [0.1, 0.15) is 38.3 Å². The summed E-state index contributed by atoms with van der Waals surface area (Å²) in [5.74, 6) is -0.322. The fraction of sp³-hybridized carbons (Fsp3) is 0.444. The summed E-state index contributed by atoms with van der Waals surface area (Å²) in [7, 11) is 0. The van der Waals surface area contributed by atoms with E-state index in [9.17, 15) is 9.59 Å². The van der Waals surface area contributed by atoms with Crippen LogP contribution >= 0.6 is 0 Å². The van der Waals surface area contributed by atoms with Crippen molar-refractivity contribution in [1.29, 1.82) is 0 Å². The second kappa shape index (κ2) is 8.38. The first-order valence-corrected chi connectivity index (χ1v) is 8.22. The van der Waals surface area contributed by atoms with Crippen LogP contribution in [0.15, 0.2) is 36.5 Å². The fourth-order valence-corrected chi connectivity index (χ4v) is 2.58. The number of carbonyl (C=O) groups is 2. The van der Waals surface area contributed by atoms with Crippen molar-refractivity contribution in [2.45, 2.75) is 32.7 Å². The zero-order chi connectivity index (χ0) is 17.5. The predicted molar refractivity (Wildman–Crippen MR) is 90.5 cm³/mol. The Hall–Kier alpha value is -2.50. The standard InChI is InChI=1S/C18H24N2O4/c1-4-6-11-24-14-9-7-13(8-10-14)16-15(17(21)23-5-2)12(3)19-18(22)20-16/h7-10,15-16H,3-6,11H2,1-2H3,(H2,19,20,22)/t15-,16+/m0/s1. The van der Waals surface area contributed by atoms with Crippen molar-refractivity contribution in [2.24, 2.45) is 5.92 Å². The fourth-order valence-electron chi connectivity index (χ4n) is 2.58. The molecule has 1 saturated heterocycles. The van der Waals surface area contributed by atoms with Crippen molar-refractivity contribution in [1.82, 2.24) is 10.6 Å². The summed E-state index contributed by atoms with van der Waals surface area (Å²) in [5, 5.41) is 5.32. The van der Waals surface area contributed by atoms with E-state index in [4.69, 9.17) is 9.47 Å². The van der Waals surface area contributed by atoms with Gasteiger partial charge in [0.1, 0.15) is 11.7 Å². The average molecular weight is 332 g/mol. The molecule has 0 unspecified atom stereocenters. The number of hydrogen-bond donors (Lipinski definition) is 2. The largest absolute Gasteiger partial charge is 0.494 e.